The molecule has 6 unspecified atom stereocenters. The van der Waals surface area contributed by atoms with Gasteiger partial charge in [0.2, 0.25) is 5.91 Å². The van der Waals surface area contributed by atoms with Crippen LogP contribution in [-0.2, 0) is 11.2 Å². The number of hydrogen-bond acceptors (Lipinski definition) is 8. The third-order valence-electron chi connectivity index (χ3n) is 12.7. The van der Waals surface area contributed by atoms with E-state index in [-0.39, 0.29) is 58.9 Å². The molecular formula is C41H37Cl2FN8OS. The van der Waals surface area contributed by atoms with Gasteiger partial charge in [0.15, 0.2) is 16.6 Å². The number of halogens is 3. The molecule has 7 heterocycles. The van der Waals surface area contributed by atoms with Crippen molar-refractivity contribution in [2.75, 3.05) is 24.5 Å². The van der Waals surface area contributed by atoms with E-state index in [1.807, 2.05) is 19.9 Å². The molecule has 54 heavy (non-hydrogen) atoms. The maximum Gasteiger partial charge on any atom is 0.226 e. The summed E-state index contributed by atoms with van der Waals surface area (Å²) in [5.74, 6) is 0.333. The molecule has 1 N–H and O–H groups in total. The summed E-state index contributed by atoms with van der Waals surface area (Å²) in [6.45, 7) is 6.18. The second-order valence-electron chi connectivity index (χ2n) is 15.8. The molecule has 9 nitrogen and oxygen atoms in total. The minimum absolute atomic E-state index is 0.00953. The van der Waals surface area contributed by atoms with E-state index in [0.717, 1.165) is 65.4 Å². The first-order valence-corrected chi connectivity index (χ1v) is 20.4. The van der Waals surface area contributed by atoms with Crippen LogP contribution in [-0.4, -0.2) is 57.1 Å². The second-order valence-corrected chi connectivity index (χ2v) is 17.8. The van der Waals surface area contributed by atoms with Crippen LogP contribution in [0.15, 0.2) is 30.3 Å². The highest BCUT2D eigenvalue weighted by Gasteiger charge is 2.55. The highest BCUT2D eigenvalue weighted by molar-refractivity contribution is 7.15. The molecule has 2 saturated carbocycles. The van der Waals surface area contributed by atoms with Gasteiger partial charge in [-0.1, -0.05) is 35.3 Å². The lowest BCUT2D eigenvalue weighted by Crippen LogP contribution is -2.45. The van der Waals surface area contributed by atoms with Crippen molar-refractivity contribution < 1.29 is 9.18 Å². The van der Waals surface area contributed by atoms with Gasteiger partial charge in [-0.05, 0) is 75.6 Å². The average molecular weight is 780 g/mol. The summed E-state index contributed by atoms with van der Waals surface area (Å²) in [5.41, 5.74) is 4.92. The van der Waals surface area contributed by atoms with E-state index in [0.29, 0.717) is 57.4 Å². The molecule has 1 amide bonds. The van der Waals surface area contributed by atoms with Crippen molar-refractivity contribution in [3.8, 4) is 23.3 Å². The molecule has 6 aliphatic rings. The Labute approximate surface area is 326 Å². The summed E-state index contributed by atoms with van der Waals surface area (Å²) < 4.78 is 19.8. The molecule has 2 aliphatic carbocycles. The van der Waals surface area contributed by atoms with E-state index in [2.05, 4.69) is 37.9 Å². The Morgan fingerprint density at radius 3 is 2.63 bits per heavy atom. The van der Waals surface area contributed by atoms with Crippen LogP contribution in [0.5, 0.6) is 0 Å². The van der Waals surface area contributed by atoms with E-state index < -0.39 is 5.82 Å². The Hall–Kier alpha value is -4.26. The summed E-state index contributed by atoms with van der Waals surface area (Å²) in [6.07, 6.45) is 4.33. The number of nitriles is 2. The van der Waals surface area contributed by atoms with Crippen molar-refractivity contribution in [2.24, 2.45) is 17.8 Å². The van der Waals surface area contributed by atoms with Gasteiger partial charge in [-0.3, -0.25) is 4.79 Å². The molecule has 13 heteroatoms. The van der Waals surface area contributed by atoms with Gasteiger partial charge in [0, 0.05) is 82.1 Å². The van der Waals surface area contributed by atoms with Crippen LogP contribution in [0.4, 0.5) is 9.52 Å². The number of nitrogens with one attached hydrogen (secondary N) is 1. The number of hydrogen-bond donors (Lipinski definition) is 1. The number of carbonyl (C=O) groups excluding carboxylic acids is 1. The number of aryl methyl sites for hydroxylation is 3. The third-order valence-corrected chi connectivity index (χ3v) is 14.5. The summed E-state index contributed by atoms with van der Waals surface area (Å²) in [6, 6.07) is 14.2. The predicted octanol–water partition coefficient (Wildman–Crippen LogP) is 8.42. The zero-order valence-corrected chi connectivity index (χ0v) is 32.2. The quantitative estimate of drug-likeness (QED) is 0.177. The minimum Gasteiger partial charge on any atom is -0.346 e. The van der Waals surface area contributed by atoms with E-state index in [9.17, 15) is 15.3 Å². The molecule has 4 aliphatic heterocycles. The number of carbonyl (C=O) groups is 1. The largest absolute Gasteiger partial charge is 0.346 e. The van der Waals surface area contributed by atoms with E-state index >= 15 is 4.39 Å². The average Bonchev–Trinajstić information content (AvgIpc) is 3.45. The van der Waals surface area contributed by atoms with E-state index in [4.69, 9.17) is 33.2 Å². The zero-order valence-electron chi connectivity index (χ0n) is 29.9. The van der Waals surface area contributed by atoms with Crippen molar-refractivity contribution >= 4 is 67.4 Å². The number of likely N-dealkylation sites (tertiary alicyclic amines) is 1. The van der Waals surface area contributed by atoms with Crippen LogP contribution in [0, 0.1) is 60.1 Å². The van der Waals surface area contributed by atoms with Crippen LogP contribution >= 0.6 is 34.5 Å². The van der Waals surface area contributed by atoms with Gasteiger partial charge >= 0.3 is 0 Å². The number of thiazole rings is 1. The van der Waals surface area contributed by atoms with Gasteiger partial charge in [0.05, 0.1) is 39.8 Å². The Kier molecular flexibility index (Phi) is 8.02. The lowest BCUT2D eigenvalue weighted by molar-refractivity contribution is -0.135. The number of aromatic nitrogens is 3. The molecular weight excluding hydrogens is 742 g/mol. The van der Waals surface area contributed by atoms with E-state index in [1.54, 1.807) is 29.5 Å². The Balaban J connectivity index is 1.20. The topological polar surface area (TPSA) is 114 Å². The molecule has 274 valence electrons. The van der Waals surface area contributed by atoms with Gasteiger partial charge in [-0.15, -0.1) is 11.3 Å². The third kappa shape index (κ3) is 5.05. The highest BCUT2D eigenvalue weighted by atomic mass is 35.5. The summed E-state index contributed by atoms with van der Waals surface area (Å²) in [4.78, 5) is 29.5. The highest BCUT2D eigenvalue weighted by Crippen LogP contribution is 2.54. The van der Waals surface area contributed by atoms with Crippen LogP contribution < -0.4 is 10.2 Å². The number of rotatable bonds is 7. The maximum absolute atomic E-state index is 17.3. The lowest BCUT2D eigenvalue weighted by Gasteiger charge is -2.40. The van der Waals surface area contributed by atoms with Crippen LogP contribution in [0.25, 0.3) is 32.9 Å². The number of benzene rings is 2. The Bertz CT molecular complexity index is 2500. The van der Waals surface area contributed by atoms with Gasteiger partial charge < -0.3 is 19.7 Å². The predicted molar refractivity (Wildman–Crippen MR) is 208 cm³/mol. The minimum atomic E-state index is -0.480. The van der Waals surface area contributed by atoms with Gasteiger partial charge in [0.25, 0.3) is 0 Å². The molecule has 4 bridgehead atoms. The fourth-order valence-electron chi connectivity index (χ4n) is 10.1. The normalized spacial score (nSPS) is 25.7. The van der Waals surface area contributed by atoms with E-state index in [1.165, 1.54) is 0 Å². The number of piperidine rings is 1. The molecule has 6 atom stereocenters. The first kappa shape index (κ1) is 34.2. The van der Waals surface area contributed by atoms with Crippen molar-refractivity contribution in [2.45, 2.75) is 76.5 Å². The Morgan fingerprint density at radius 1 is 1.09 bits per heavy atom. The number of fused-ring (bicyclic) bond motifs is 6. The fraction of sp³-hybridized carbons (Fsp3) is 0.439. The van der Waals surface area contributed by atoms with Gasteiger partial charge in [-0.2, -0.15) is 10.5 Å². The maximum atomic E-state index is 17.3. The van der Waals surface area contributed by atoms with Crippen LogP contribution in [0.1, 0.15) is 71.7 Å². The van der Waals surface area contributed by atoms with Crippen LogP contribution in [0.2, 0.25) is 10.0 Å². The molecule has 4 saturated heterocycles. The number of anilines is 1. The standard InChI is InChI=1S/C41H37Cl2FN8OS/c1-19-27-14-32(38-24-11-25(51(38)40(53)21-8-9-21)18-50(17-24)41-49-31(15-46)20(2)54-41)52(37-23-13-30(37)47-16-23)39(27)28-12-22(5-4-10-45)33(35(44)36(28)48-19)26-6-3-7-29(42)34(26)43/h3,6-7,12,14,21,23-25,30,37-38,47H,4-5,8-9,11,13,16-18H2,1-2H3. The molecule has 0 radical (unpaired) electrons. The first-order chi connectivity index (χ1) is 26.2. The smallest absolute Gasteiger partial charge is 0.226 e. The van der Waals surface area contributed by atoms with Crippen molar-refractivity contribution in [3.05, 3.63) is 73.7 Å². The molecule has 3 aromatic heterocycles. The molecule has 0 spiro atoms. The monoisotopic (exact) mass is 778 g/mol. The number of amides is 1. The van der Waals surface area contributed by atoms with Crippen molar-refractivity contribution in [3.63, 3.8) is 0 Å². The SMILES string of the molecule is Cc1sc(N2CC3CC(C2)N(C(=O)C2CC2)C3c2cc3c(C)nc4c(F)c(-c5cccc(Cl)c5Cl)c(CCC#N)cc4c3n2C2C3CNC2C3)nc1C#N. The fourth-order valence-corrected chi connectivity index (χ4v) is 11.4. The summed E-state index contributed by atoms with van der Waals surface area (Å²) >= 11 is 14.7. The van der Waals surface area contributed by atoms with Crippen molar-refractivity contribution in [1.82, 2.24) is 24.8 Å². The molecule has 11 rings (SSSR count). The number of nitrogens with zero attached hydrogens (tertiary/aromatic N) is 7. The zero-order chi connectivity index (χ0) is 37.2. The molecule has 5 aromatic rings. The Morgan fingerprint density at radius 2 is 1.93 bits per heavy atom. The van der Waals surface area contributed by atoms with Gasteiger partial charge in [0.1, 0.15) is 11.6 Å². The second kappa shape index (κ2) is 12.6. The lowest BCUT2D eigenvalue weighted by atomic mass is 9.79. The summed E-state index contributed by atoms with van der Waals surface area (Å²) in [5, 5.41) is 26.1. The molecule has 2 aromatic carbocycles. The van der Waals surface area contributed by atoms with Crippen LogP contribution in [0.3, 0.4) is 0 Å². The number of pyridine rings is 1. The van der Waals surface area contributed by atoms with Crippen molar-refractivity contribution in [1.29, 1.82) is 10.5 Å². The molecule has 6 fully saturated rings. The first-order valence-electron chi connectivity index (χ1n) is 18.8. The van der Waals surface area contributed by atoms with Gasteiger partial charge in [-0.25, -0.2) is 14.4 Å². The summed E-state index contributed by atoms with van der Waals surface area (Å²) in [7, 11) is 0.